The quantitative estimate of drug-likeness (QED) is 0.494. The van der Waals surface area contributed by atoms with Crippen molar-refractivity contribution in [2.24, 2.45) is 0 Å². The minimum absolute atomic E-state index is 0.0495. The number of benzene rings is 2. The lowest BCUT2D eigenvalue weighted by Crippen LogP contribution is -2.02. The molecule has 0 atom stereocenters. The Morgan fingerprint density at radius 3 is 2.33 bits per heavy atom. The fourth-order valence-electron chi connectivity index (χ4n) is 1.55. The highest BCUT2D eigenvalue weighted by atomic mass is 79.9. The van der Waals surface area contributed by atoms with E-state index in [2.05, 4.69) is 15.9 Å². The maximum atomic E-state index is 12.1. The van der Waals surface area contributed by atoms with E-state index in [1.807, 2.05) is 6.07 Å². The van der Waals surface area contributed by atoms with Crippen LogP contribution in [0.1, 0.15) is 15.9 Å². The molecule has 0 saturated carbocycles. The molecule has 2 aromatic rings. The summed E-state index contributed by atoms with van der Waals surface area (Å²) in [4.78, 5) is 22.3. The Morgan fingerprint density at radius 2 is 1.78 bits per heavy atom. The molecule has 0 unspecified atom stereocenters. The molecule has 0 amide bonds. The number of non-ortho nitro benzene ring substituents is 1. The molecule has 5 heteroatoms. The van der Waals surface area contributed by atoms with Crippen LogP contribution in [0.4, 0.5) is 5.69 Å². The summed E-state index contributed by atoms with van der Waals surface area (Å²) in [5, 5.41) is 10.6. The number of carbonyl (C=O) groups excluding carboxylic acids is 1. The van der Waals surface area contributed by atoms with Gasteiger partial charge in [-0.15, -0.1) is 0 Å². The minimum Gasteiger partial charge on any atom is -0.289 e. The molecule has 0 spiro atoms. The summed E-state index contributed by atoms with van der Waals surface area (Å²) < 4.78 is 0.422. The zero-order valence-corrected chi connectivity index (χ0v) is 10.8. The number of ketones is 1. The van der Waals surface area contributed by atoms with Crippen molar-refractivity contribution < 1.29 is 9.72 Å². The van der Waals surface area contributed by atoms with Crippen molar-refractivity contribution in [2.75, 3.05) is 0 Å². The Morgan fingerprint density at radius 1 is 1.11 bits per heavy atom. The molecule has 18 heavy (non-hydrogen) atoms. The van der Waals surface area contributed by atoms with Gasteiger partial charge < -0.3 is 0 Å². The third-order valence-electron chi connectivity index (χ3n) is 2.44. The molecule has 0 aliphatic rings. The highest BCUT2D eigenvalue weighted by molar-refractivity contribution is 9.10. The Bertz CT molecular complexity index is 611. The fourth-order valence-corrected chi connectivity index (χ4v) is 2.09. The lowest BCUT2D eigenvalue weighted by molar-refractivity contribution is -0.384. The first-order valence-corrected chi connectivity index (χ1v) is 5.92. The van der Waals surface area contributed by atoms with Gasteiger partial charge in [0.05, 0.1) is 4.92 Å². The molecule has 0 aliphatic carbocycles. The van der Waals surface area contributed by atoms with Gasteiger partial charge in [0.2, 0.25) is 0 Å². The number of rotatable bonds is 3. The SMILES string of the molecule is O=C(c1ccccc1)c1ccc([N+](=O)[O-])cc1Br. The van der Waals surface area contributed by atoms with Gasteiger partial charge >= 0.3 is 0 Å². The van der Waals surface area contributed by atoms with Crippen LogP contribution in [0.5, 0.6) is 0 Å². The Kier molecular flexibility index (Phi) is 3.53. The fraction of sp³-hybridized carbons (Fsp3) is 0. The molecule has 0 radical (unpaired) electrons. The van der Waals surface area contributed by atoms with E-state index in [-0.39, 0.29) is 11.5 Å². The van der Waals surface area contributed by atoms with Crippen LogP contribution in [0, 0.1) is 10.1 Å². The molecule has 2 rings (SSSR count). The van der Waals surface area contributed by atoms with Crippen molar-refractivity contribution in [2.45, 2.75) is 0 Å². The summed E-state index contributed by atoms with van der Waals surface area (Å²) in [6, 6.07) is 12.9. The zero-order chi connectivity index (χ0) is 13.1. The van der Waals surface area contributed by atoms with Crippen molar-refractivity contribution in [3.8, 4) is 0 Å². The van der Waals surface area contributed by atoms with Crippen LogP contribution in [0.15, 0.2) is 53.0 Å². The van der Waals surface area contributed by atoms with E-state index in [1.165, 1.54) is 18.2 Å². The van der Waals surface area contributed by atoms with Crippen LogP contribution >= 0.6 is 15.9 Å². The second kappa shape index (κ2) is 5.10. The van der Waals surface area contributed by atoms with E-state index < -0.39 is 4.92 Å². The summed E-state index contributed by atoms with van der Waals surface area (Å²) in [5.74, 6) is -0.169. The molecular weight excluding hydrogens is 298 g/mol. The van der Waals surface area contributed by atoms with Crippen molar-refractivity contribution in [3.05, 3.63) is 74.2 Å². The van der Waals surface area contributed by atoms with Crippen molar-refractivity contribution >= 4 is 27.4 Å². The molecule has 0 aliphatic heterocycles. The maximum absolute atomic E-state index is 12.1. The largest absolute Gasteiger partial charge is 0.289 e. The zero-order valence-electron chi connectivity index (χ0n) is 9.17. The smallest absolute Gasteiger partial charge is 0.270 e. The highest BCUT2D eigenvalue weighted by Crippen LogP contribution is 2.25. The topological polar surface area (TPSA) is 60.2 Å². The number of hydrogen-bond donors (Lipinski definition) is 0. The van der Waals surface area contributed by atoms with E-state index >= 15 is 0 Å². The summed E-state index contributed by atoms with van der Waals surface area (Å²) in [7, 11) is 0. The first-order chi connectivity index (χ1) is 8.59. The molecule has 90 valence electrons. The Hall–Kier alpha value is -2.01. The predicted molar refractivity (Wildman–Crippen MR) is 70.7 cm³/mol. The van der Waals surface area contributed by atoms with E-state index in [4.69, 9.17) is 0 Å². The van der Waals surface area contributed by atoms with Gasteiger partial charge in [0.1, 0.15) is 0 Å². The first-order valence-electron chi connectivity index (χ1n) is 5.13. The van der Waals surface area contributed by atoms with Gasteiger partial charge in [0.15, 0.2) is 5.78 Å². The average molecular weight is 306 g/mol. The second-order valence-electron chi connectivity index (χ2n) is 3.62. The van der Waals surface area contributed by atoms with Crippen LogP contribution < -0.4 is 0 Å². The molecule has 4 nitrogen and oxygen atoms in total. The molecule has 0 fully saturated rings. The Balaban J connectivity index is 2.41. The lowest BCUT2D eigenvalue weighted by Gasteiger charge is -2.03. The molecular formula is C13H8BrNO3. The molecule has 0 saturated heterocycles. The molecule has 2 aromatic carbocycles. The van der Waals surface area contributed by atoms with Gasteiger partial charge in [0, 0.05) is 27.7 Å². The summed E-state index contributed by atoms with van der Waals surface area (Å²) in [6.07, 6.45) is 0. The number of nitrogens with zero attached hydrogens (tertiary/aromatic N) is 1. The van der Waals surface area contributed by atoms with Crippen molar-refractivity contribution in [3.63, 3.8) is 0 Å². The second-order valence-corrected chi connectivity index (χ2v) is 4.47. The van der Waals surface area contributed by atoms with Crippen LogP contribution in [-0.4, -0.2) is 10.7 Å². The van der Waals surface area contributed by atoms with Crippen molar-refractivity contribution in [1.82, 2.24) is 0 Å². The molecule has 0 N–H and O–H groups in total. The number of nitro groups is 1. The normalized spacial score (nSPS) is 10.1. The number of hydrogen-bond acceptors (Lipinski definition) is 3. The highest BCUT2D eigenvalue weighted by Gasteiger charge is 2.15. The van der Waals surface area contributed by atoms with Crippen LogP contribution in [0.3, 0.4) is 0 Å². The van der Waals surface area contributed by atoms with Crippen molar-refractivity contribution in [1.29, 1.82) is 0 Å². The number of halogens is 1. The monoisotopic (exact) mass is 305 g/mol. The molecule has 0 aromatic heterocycles. The predicted octanol–water partition coefficient (Wildman–Crippen LogP) is 3.59. The maximum Gasteiger partial charge on any atom is 0.270 e. The average Bonchev–Trinajstić information content (AvgIpc) is 2.38. The van der Waals surface area contributed by atoms with Crippen LogP contribution in [0.25, 0.3) is 0 Å². The van der Waals surface area contributed by atoms with E-state index in [0.717, 1.165) is 0 Å². The third-order valence-corrected chi connectivity index (χ3v) is 3.10. The minimum atomic E-state index is -0.498. The Labute approximate surface area is 112 Å². The summed E-state index contributed by atoms with van der Waals surface area (Å²) in [6.45, 7) is 0. The first kappa shape index (κ1) is 12.4. The summed E-state index contributed by atoms with van der Waals surface area (Å²) >= 11 is 3.19. The summed E-state index contributed by atoms with van der Waals surface area (Å²) in [5.41, 5.74) is 0.908. The van der Waals surface area contributed by atoms with Gasteiger partial charge in [-0.1, -0.05) is 30.3 Å². The van der Waals surface area contributed by atoms with Crippen LogP contribution in [0.2, 0.25) is 0 Å². The lowest BCUT2D eigenvalue weighted by atomic mass is 10.0. The van der Waals surface area contributed by atoms with E-state index in [0.29, 0.717) is 15.6 Å². The standard InChI is InChI=1S/C13H8BrNO3/c14-12-8-10(15(17)18)6-7-11(12)13(16)9-4-2-1-3-5-9/h1-8H. The number of carbonyl (C=O) groups is 1. The van der Waals surface area contributed by atoms with Gasteiger partial charge in [-0.3, -0.25) is 14.9 Å². The van der Waals surface area contributed by atoms with Gasteiger partial charge in [-0.2, -0.15) is 0 Å². The third kappa shape index (κ3) is 2.46. The molecule has 0 heterocycles. The van der Waals surface area contributed by atoms with Gasteiger partial charge in [-0.05, 0) is 22.0 Å². The van der Waals surface area contributed by atoms with Crippen LogP contribution in [-0.2, 0) is 0 Å². The van der Waals surface area contributed by atoms with Gasteiger partial charge in [0.25, 0.3) is 5.69 Å². The van der Waals surface area contributed by atoms with Gasteiger partial charge in [-0.25, -0.2) is 0 Å². The van der Waals surface area contributed by atoms with E-state index in [1.54, 1.807) is 24.3 Å². The number of nitro benzene ring substituents is 1. The van der Waals surface area contributed by atoms with E-state index in [9.17, 15) is 14.9 Å². The molecule has 0 bridgehead atoms.